The van der Waals surface area contributed by atoms with Crippen LogP contribution in [0.4, 0.5) is 0 Å². The van der Waals surface area contributed by atoms with Gasteiger partial charge in [-0.1, -0.05) is 13.3 Å². The van der Waals surface area contributed by atoms with E-state index in [1.807, 2.05) is 7.05 Å². The van der Waals surface area contributed by atoms with E-state index in [-0.39, 0.29) is 23.9 Å². The molecule has 156 valence electrons. The minimum atomic E-state index is -1.28. The Bertz CT molecular complexity index is 518. The Morgan fingerprint density at radius 2 is 1.96 bits per heavy atom. The van der Waals surface area contributed by atoms with Crippen molar-refractivity contribution in [3.63, 3.8) is 0 Å². The first-order chi connectivity index (χ1) is 12.9. The van der Waals surface area contributed by atoms with E-state index in [0.29, 0.717) is 5.92 Å². The predicted molar refractivity (Wildman–Crippen MR) is 104 cm³/mol. The molecule has 3 aliphatic rings. The summed E-state index contributed by atoms with van der Waals surface area (Å²) in [7, 11) is 1.99. The number of carbonyl (C=O) groups excluding carboxylic acids is 1. The van der Waals surface area contributed by atoms with Crippen LogP contribution in [0.3, 0.4) is 0 Å². The minimum Gasteiger partial charge on any atom is -0.388 e. The fourth-order valence-corrected chi connectivity index (χ4v) is 5.26. The second-order valence-corrected chi connectivity index (χ2v) is 9.33. The smallest absolute Gasteiger partial charge is 0.237 e. The van der Waals surface area contributed by atoms with Crippen molar-refractivity contribution < 1.29 is 24.9 Å². The van der Waals surface area contributed by atoms with E-state index in [1.54, 1.807) is 6.26 Å². The minimum absolute atomic E-state index is 0.0230. The van der Waals surface area contributed by atoms with Crippen molar-refractivity contribution in [1.29, 1.82) is 0 Å². The molecule has 3 rings (SSSR count). The van der Waals surface area contributed by atoms with Crippen LogP contribution < -0.4 is 5.32 Å². The lowest BCUT2D eigenvalue weighted by molar-refractivity contribution is -0.206. The first-order valence-electron chi connectivity index (χ1n) is 10.1. The molecule has 1 aliphatic carbocycles. The first kappa shape index (κ1) is 21.3. The largest absolute Gasteiger partial charge is 0.388 e. The number of thioether (sulfide) groups is 1. The van der Waals surface area contributed by atoms with Crippen LogP contribution >= 0.6 is 11.8 Å². The van der Waals surface area contributed by atoms with E-state index in [9.17, 15) is 20.1 Å². The van der Waals surface area contributed by atoms with E-state index in [1.165, 1.54) is 11.8 Å². The number of aliphatic hydroxyl groups excluding tert-OH is 3. The number of hydrogen-bond acceptors (Lipinski definition) is 7. The molecule has 2 heterocycles. The van der Waals surface area contributed by atoms with Gasteiger partial charge in [0.25, 0.3) is 0 Å². The molecule has 2 saturated heterocycles. The average Bonchev–Trinajstić information content (AvgIpc) is 3.41. The Kier molecular flexibility index (Phi) is 7.08. The Labute approximate surface area is 165 Å². The average molecular weight is 403 g/mol. The zero-order valence-corrected chi connectivity index (χ0v) is 17.3. The van der Waals surface area contributed by atoms with Gasteiger partial charge in [-0.2, -0.15) is 0 Å². The fraction of sp³-hybridized carbons (Fsp3) is 0.947. The van der Waals surface area contributed by atoms with Crippen molar-refractivity contribution >= 4 is 17.7 Å². The van der Waals surface area contributed by atoms with Crippen LogP contribution in [-0.2, 0) is 9.53 Å². The molecule has 4 N–H and O–H groups in total. The lowest BCUT2D eigenvalue weighted by Crippen LogP contribution is -2.64. The van der Waals surface area contributed by atoms with Crippen molar-refractivity contribution in [1.82, 2.24) is 10.2 Å². The van der Waals surface area contributed by atoms with E-state index in [4.69, 9.17) is 4.74 Å². The van der Waals surface area contributed by atoms with Gasteiger partial charge in [0.1, 0.15) is 29.9 Å². The molecule has 0 aromatic carbocycles. The maximum atomic E-state index is 13.0. The van der Waals surface area contributed by atoms with Gasteiger partial charge in [0.15, 0.2) is 0 Å². The third kappa shape index (κ3) is 4.62. The quantitative estimate of drug-likeness (QED) is 0.482. The summed E-state index contributed by atoms with van der Waals surface area (Å²) in [5.74, 6) is 0.770. The molecule has 8 unspecified atom stereocenters. The standard InChI is InChI=1S/C19H34N2O5S/c1-4-5-10-8-12(21(2)9-10)18(25)20-13(11-6-7-11)17-15(23)14(22)16(24)19(26-17)27-3/h10-17,19,22-24H,4-9H2,1-3H3,(H,20,25). The molecule has 0 aromatic heterocycles. The van der Waals surface area contributed by atoms with Gasteiger partial charge in [0.2, 0.25) is 5.91 Å². The number of carbonyl (C=O) groups is 1. The summed E-state index contributed by atoms with van der Waals surface area (Å²) in [5, 5.41) is 33.9. The maximum absolute atomic E-state index is 13.0. The topological polar surface area (TPSA) is 102 Å². The van der Waals surface area contributed by atoms with Crippen molar-refractivity contribution in [2.45, 2.75) is 81.0 Å². The molecule has 2 aliphatic heterocycles. The third-order valence-electron chi connectivity index (χ3n) is 6.27. The summed E-state index contributed by atoms with van der Waals surface area (Å²) >= 11 is 1.30. The van der Waals surface area contributed by atoms with Gasteiger partial charge in [0, 0.05) is 6.54 Å². The van der Waals surface area contributed by atoms with Crippen LogP contribution in [0.25, 0.3) is 0 Å². The van der Waals surface area contributed by atoms with Gasteiger partial charge < -0.3 is 25.4 Å². The highest BCUT2D eigenvalue weighted by Crippen LogP contribution is 2.39. The summed E-state index contributed by atoms with van der Waals surface area (Å²) in [6.07, 6.45) is 2.50. The van der Waals surface area contributed by atoms with Crippen LogP contribution in [0.2, 0.25) is 0 Å². The molecule has 0 radical (unpaired) electrons. The highest BCUT2D eigenvalue weighted by Gasteiger charge is 2.51. The number of likely N-dealkylation sites (N-methyl/N-ethyl adjacent to an activating group) is 1. The molecule has 8 atom stereocenters. The van der Waals surface area contributed by atoms with Crippen molar-refractivity contribution in [3.8, 4) is 0 Å². The zero-order valence-electron chi connectivity index (χ0n) is 16.5. The number of amides is 1. The van der Waals surface area contributed by atoms with Gasteiger partial charge >= 0.3 is 0 Å². The molecule has 27 heavy (non-hydrogen) atoms. The summed E-state index contributed by atoms with van der Waals surface area (Å²) in [6, 6.07) is -0.502. The molecule has 1 saturated carbocycles. The lowest BCUT2D eigenvalue weighted by atomic mass is 9.92. The van der Waals surface area contributed by atoms with Gasteiger partial charge in [-0.15, -0.1) is 11.8 Å². The van der Waals surface area contributed by atoms with Crippen molar-refractivity contribution in [2.75, 3.05) is 19.8 Å². The number of nitrogens with one attached hydrogen (secondary N) is 1. The number of nitrogens with zero attached hydrogens (tertiary/aromatic N) is 1. The summed E-state index contributed by atoms with van der Waals surface area (Å²) in [6.45, 7) is 3.10. The fourth-order valence-electron chi connectivity index (χ4n) is 4.58. The second kappa shape index (κ2) is 8.97. The van der Waals surface area contributed by atoms with Crippen molar-refractivity contribution in [2.24, 2.45) is 11.8 Å². The van der Waals surface area contributed by atoms with Crippen LogP contribution in [-0.4, -0.2) is 87.9 Å². The highest BCUT2D eigenvalue weighted by atomic mass is 32.2. The molecule has 1 amide bonds. The number of aliphatic hydroxyl groups is 3. The summed E-state index contributed by atoms with van der Waals surface area (Å²) < 4.78 is 5.92. The highest BCUT2D eigenvalue weighted by molar-refractivity contribution is 7.99. The SMILES string of the molecule is CCCC1CC(C(=O)NC(C2CC2)C2OC(SC)C(O)C(O)C2O)N(C)C1. The maximum Gasteiger partial charge on any atom is 0.237 e. The van der Waals surface area contributed by atoms with Gasteiger partial charge in [-0.05, 0) is 50.8 Å². The molecule has 8 heteroatoms. The molecule has 0 spiro atoms. The van der Waals surface area contributed by atoms with Gasteiger partial charge in [0.05, 0.1) is 12.1 Å². The van der Waals surface area contributed by atoms with E-state index in [2.05, 4.69) is 17.1 Å². The monoisotopic (exact) mass is 402 g/mol. The van der Waals surface area contributed by atoms with E-state index >= 15 is 0 Å². The molecular weight excluding hydrogens is 368 g/mol. The van der Waals surface area contributed by atoms with Crippen LogP contribution in [0.1, 0.15) is 39.0 Å². The van der Waals surface area contributed by atoms with Gasteiger partial charge in [-0.25, -0.2) is 0 Å². The number of ether oxygens (including phenoxy) is 1. The summed E-state index contributed by atoms with van der Waals surface area (Å²) in [4.78, 5) is 15.1. The van der Waals surface area contributed by atoms with E-state index < -0.39 is 29.9 Å². The Balaban J connectivity index is 1.68. The molecule has 0 aromatic rings. The van der Waals surface area contributed by atoms with Crippen molar-refractivity contribution in [3.05, 3.63) is 0 Å². The van der Waals surface area contributed by atoms with E-state index in [0.717, 1.165) is 38.6 Å². The second-order valence-electron chi connectivity index (χ2n) is 8.39. The predicted octanol–water partition coefficient (Wildman–Crippen LogP) is 0.172. The van der Waals surface area contributed by atoms with Crippen LogP contribution in [0, 0.1) is 11.8 Å². The number of rotatable bonds is 7. The number of likely N-dealkylation sites (tertiary alicyclic amines) is 1. The Hall–Kier alpha value is -0.380. The zero-order chi connectivity index (χ0) is 19.7. The molecular formula is C19H34N2O5S. The molecule has 7 nitrogen and oxygen atoms in total. The molecule has 0 bridgehead atoms. The van der Waals surface area contributed by atoms with Crippen LogP contribution in [0.5, 0.6) is 0 Å². The lowest BCUT2D eigenvalue weighted by Gasteiger charge is -2.43. The first-order valence-corrected chi connectivity index (χ1v) is 11.4. The summed E-state index contributed by atoms with van der Waals surface area (Å²) in [5.41, 5.74) is -0.616. The number of hydrogen-bond donors (Lipinski definition) is 4. The molecule has 3 fully saturated rings. The third-order valence-corrected chi connectivity index (χ3v) is 7.12. The van der Waals surface area contributed by atoms with Crippen LogP contribution in [0.15, 0.2) is 0 Å². The normalized spacial score (nSPS) is 41.5. The Morgan fingerprint density at radius 1 is 1.26 bits per heavy atom. The Morgan fingerprint density at radius 3 is 2.56 bits per heavy atom. The van der Waals surface area contributed by atoms with Gasteiger partial charge in [-0.3, -0.25) is 9.69 Å².